The largest absolute Gasteiger partial charge is 0.325 e. The molecular formula is C23H24FN5O2S. The Morgan fingerprint density at radius 3 is 2.44 bits per heavy atom. The summed E-state index contributed by atoms with van der Waals surface area (Å²) in [6.45, 7) is 4.21. The Bertz CT molecular complexity index is 1130. The van der Waals surface area contributed by atoms with Crippen LogP contribution in [-0.2, 0) is 11.3 Å². The lowest BCUT2D eigenvalue weighted by atomic mass is 10.1. The molecule has 0 atom stereocenters. The van der Waals surface area contributed by atoms with Crippen molar-refractivity contribution in [3.05, 3.63) is 66.0 Å². The topological polar surface area (TPSA) is 80.1 Å². The van der Waals surface area contributed by atoms with Gasteiger partial charge in [0.1, 0.15) is 11.4 Å². The second kappa shape index (κ2) is 9.12. The lowest BCUT2D eigenvalue weighted by Crippen LogP contribution is -2.40. The Labute approximate surface area is 190 Å². The number of nitrogens with zero attached hydrogens (tertiary/aromatic N) is 4. The van der Waals surface area contributed by atoms with Crippen LogP contribution in [-0.4, -0.2) is 49.4 Å². The van der Waals surface area contributed by atoms with Crippen molar-refractivity contribution in [1.29, 1.82) is 0 Å². The normalized spacial score (nSPS) is 15.3. The molecule has 3 aromatic rings. The molecule has 2 aromatic carbocycles. The van der Waals surface area contributed by atoms with E-state index in [1.165, 1.54) is 22.7 Å². The molecule has 1 aliphatic heterocycles. The number of thioether (sulfide) groups is 1. The van der Waals surface area contributed by atoms with Crippen LogP contribution in [0.4, 0.5) is 9.18 Å². The van der Waals surface area contributed by atoms with Crippen molar-refractivity contribution in [3.8, 4) is 11.4 Å². The SMILES string of the molecule is CC1(C)NC(=O)N(CCCSc2nnc(-c3ccccc3F)n2Cc2ccccc2)C1=O. The van der Waals surface area contributed by atoms with Crippen LogP contribution in [0.15, 0.2) is 59.8 Å². The van der Waals surface area contributed by atoms with Crippen LogP contribution in [0.2, 0.25) is 0 Å². The van der Waals surface area contributed by atoms with E-state index in [2.05, 4.69) is 15.5 Å². The third-order valence-corrected chi connectivity index (χ3v) is 6.27. The van der Waals surface area contributed by atoms with Crippen LogP contribution >= 0.6 is 11.8 Å². The standard InChI is InChI=1S/C23H24FN5O2S/c1-23(2)20(30)28(21(31)25-23)13-8-14-32-22-27-26-19(17-11-6-7-12-18(17)24)29(22)15-16-9-4-3-5-10-16/h3-7,9-12H,8,13-15H2,1-2H3,(H,25,31). The Balaban J connectivity index is 1.49. The molecule has 9 heteroatoms. The number of rotatable bonds is 8. The van der Waals surface area contributed by atoms with Crippen LogP contribution < -0.4 is 5.32 Å². The summed E-state index contributed by atoms with van der Waals surface area (Å²) in [6.07, 6.45) is 0.604. The molecule has 4 rings (SSSR count). The highest BCUT2D eigenvalue weighted by Crippen LogP contribution is 2.27. The Morgan fingerprint density at radius 1 is 1.03 bits per heavy atom. The van der Waals surface area contributed by atoms with Gasteiger partial charge in [0.05, 0.1) is 12.1 Å². The fourth-order valence-corrected chi connectivity index (χ4v) is 4.41. The minimum atomic E-state index is -0.866. The third kappa shape index (κ3) is 4.52. The molecule has 0 aliphatic carbocycles. The molecule has 0 saturated carbocycles. The number of benzene rings is 2. The zero-order valence-corrected chi connectivity index (χ0v) is 18.7. The van der Waals surface area contributed by atoms with Crippen LogP contribution in [0.5, 0.6) is 0 Å². The molecule has 3 amide bonds. The van der Waals surface area contributed by atoms with E-state index in [0.29, 0.717) is 41.8 Å². The van der Waals surface area contributed by atoms with Gasteiger partial charge in [0.2, 0.25) is 0 Å². The minimum Gasteiger partial charge on any atom is -0.324 e. The maximum atomic E-state index is 14.5. The molecule has 7 nitrogen and oxygen atoms in total. The van der Waals surface area contributed by atoms with Gasteiger partial charge in [-0.15, -0.1) is 10.2 Å². The molecule has 1 saturated heterocycles. The number of hydrogen-bond acceptors (Lipinski definition) is 5. The van der Waals surface area contributed by atoms with Gasteiger partial charge in [0.25, 0.3) is 5.91 Å². The van der Waals surface area contributed by atoms with Crippen molar-refractivity contribution < 1.29 is 14.0 Å². The number of urea groups is 1. The van der Waals surface area contributed by atoms with Crippen LogP contribution in [0.25, 0.3) is 11.4 Å². The summed E-state index contributed by atoms with van der Waals surface area (Å²) in [5.41, 5.74) is 0.576. The van der Waals surface area contributed by atoms with Gasteiger partial charge >= 0.3 is 6.03 Å². The summed E-state index contributed by atoms with van der Waals surface area (Å²) in [6, 6.07) is 16.0. The van der Waals surface area contributed by atoms with Gasteiger partial charge in [-0.25, -0.2) is 9.18 Å². The van der Waals surface area contributed by atoms with E-state index < -0.39 is 5.54 Å². The van der Waals surface area contributed by atoms with Gasteiger partial charge in [-0.05, 0) is 38.0 Å². The monoisotopic (exact) mass is 453 g/mol. The molecule has 2 heterocycles. The Hall–Kier alpha value is -3.20. The second-order valence-electron chi connectivity index (χ2n) is 8.07. The fraction of sp³-hybridized carbons (Fsp3) is 0.304. The van der Waals surface area contributed by atoms with Gasteiger partial charge < -0.3 is 5.32 Å². The molecular weight excluding hydrogens is 429 g/mol. The quantitative estimate of drug-likeness (QED) is 0.317. The highest BCUT2D eigenvalue weighted by atomic mass is 32.2. The van der Waals surface area contributed by atoms with Crippen molar-refractivity contribution in [2.75, 3.05) is 12.3 Å². The number of carbonyl (C=O) groups is 2. The highest BCUT2D eigenvalue weighted by Gasteiger charge is 2.43. The van der Waals surface area contributed by atoms with Gasteiger partial charge in [-0.3, -0.25) is 14.3 Å². The lowest BCUT2D eigenvalue weighted by molar-refractivity contribution is -0.130. The van der Waals surface area contributed by atoms with Crippen LogP contribution in [0.3, 0.4) is 0 Å². The van der Waals surface area contributed by atoms with Crippen molar-refractivity contribution in [1.82, 2.24) is 25.0 Å². The second-order valence-corrected chi connectivity index (χ2v) is 9.13. The van der Waals surface area contributed by atoms with Crippen molar-refractivity contribution >= 4 is 23.7 Å². The number of aromatic nitrogens is 3. The summed E-state index contributed by atoms with van der Waals surface area (Å²) in [5.74, 6) is 0.514. The maximum absolute atomic E-state index is 14.5. The first-order chi connectivity index (χ1) is 15.4. The van der Waals surface area contributed by atoms with E-state index >= 15 is 0 Å². The first-order valence-electron chi connectivity index (χ1n) is 10.4. The fourth-order valence-electron chi connectivity index (χ4n) is 3.55. The summed E-state index contributed by atoms with van der Waals surface area (Å²) >= 11 is 1.47. The number of halogens is 1. The molecule has 0 bridgehead atoms. The van der Waals surface area contributed by atoms with E-state index in [9.17, 15) is 14.0 Å². The zero-order chi connectivity index (χ0) is 22.7. The summed E-state index contributed by atoms with van der Waals surface area (Å²) in [7, 11) is 0. The molecule has 166 valence electrons. The van der Waals surface area contributed by atoms with E-state index in [4.69, 9.17) is 0 Å². The molecule has 0 radical (unpaired) electrons. The smallest absolute Gasteiger partial charge is 0.324 e. The van der Waals surface area contributed by atoms with Crippen LogP contribution in [0, 0.1) is 5.82 Å². The molecule has 1 aromatic heterocycles. The number of amides is 3. The molecule has 0 spiro atoms. The van der Waals surface area contributed by atoms with Crippen molar-refractivity contribution in [2.45, 2.75) is 37.5 Å². The first kappa shape index (κ1) is 22.0. The number of hydrogen-bond donors (Lipinski definition) is 1. The zero-order valence-electron chi connectivity index (χ0n) is 17.9. The summed E-state index contributed by atoms with van der Waals surface area (Å²) in [4.78, 5) is 25.6. The number of nitrogens with one attached hydrogen (secondary N) is 1. The number of carbonyl (C=O) groups excluding carboxylic acids is 2. The molecule has 1 fully saturated rings. The average Bonchev–Trinajstić information content (AvgIpc) is 3.24. The summed E-state index contributed by atoms with van der Waals surface area (Å²) < 4.78 is 16.4. The predicted molar refractivity (Wildman–Crippen MR) is 121 cm³/mol. The first-order valence-corrected chi connectivity index (χ1v) is 11.3. The average molecular weight is 454 g/mol. The predicted octanol–water partition coefficient (Wildman–Crippen LogP) is 3.95. The van der Waals surface area contributed by atoms with Gasteiger partial charge in [0, 0.05) is 12.3 Å². The van der Waals surface area contributed by atoms with E-state index in [0.717, 1.165) is 5.56 Å². The van der Waals surface area contributed by atoms with Crippen molar-refractivity contribution in [2.24, 2.45) is 0 Å². The van der Waals surface area contributed by atoms with E-state index in [1.54, 1.807) is 32.0 Å². The van der Waals surface area contributed by atoms with Gasteiger partial charge in [-0.2, -0.15) is 0 Å². The third-order valence-electron chi connectivity index (χ3n) is 5.22. The lowest BCUT2D eigenvalue weighted by Gasteiger charge is -2.15. The molecule has 1 aliphatic rings. The van der Waals surface area contributed by atoms with E-state index in [1.807, 2.05) is 34.9 Å². The Kier molecular flexibility index (Phi) is 6.27. The molecule has 1 N–H and O–H groups in total. The summed E-state index contributed by atoms with van der Waals surface area (Å²) in [5, 5.41) is 11.9. The maximum Gasteiger partial charge on any atom is 0.325 e. The van der Waals surface area contributed by atoms with Gasteiger partial charge in [-0.1, -0.05) is 54.2 Å². The molecule has 32 heavy (non-hydrogen) atoms. The number of imide groups is 1. The Morgan fingerprint density at radius 2 is 1.75 bits per heavy atom. The minimum absolute atomic E-state index is 0.221. The van der Waals surface area contributed by atoms with Crippen LogP contribution in [0.1, 0.15) is 25.8 Å². The van der Waals surface area contributed by atoms with Gasteiger partial charge in [0.15, 0.2) is 11.0 Å². The molecule has 0 unspecified atom stereocenters. The van der Waals surface area contributed by atoms with E-state index in [-0.39, 0.29) is 17.8 Å². The van der Waals surface area contributed by atoms with Crippen molar-refractivity contribution in [3.63, 3.8) is 0 Å². The highest BCUT2D eigenvalue weighted by molar-refractivity contribution is 7.99.